The van der Waals surface area contributed by atoms with E-state index in [9.17, 15) is 0 Å². The number of fused-ring (bicyclic) bond motifs is 3. The minimum Gasteiger partial charge on any atom is -0.380 e. The van der Waals surface area contributed by atoms with Gasteiger partial charge in [0.1, 0.15) is 0 Å². The predicted octanol–water partition coefficient (Wildman–Crippen LogP) is 0.707. The average Bonchev–Trinajstić information content (AvgIpc) is 2.25. The molecule has 4 saturated heterocycles. The quantitative estimate of drug-likeness (QED) is 0.742. The molecule has 86 valence electrons. The zero-order valence-electron chi connectivity index (χ0n) is 9.67. The Morgan fingerprint density at radius 1 is 1.33 bits per heavy atom. The van der Waals surface area contributed by atoms with Crippen molar-refractivity contribution in [1.82, 2.24) is 10.2 Å². The summed E-state index contributed by atoms with van der Waals surface area (Å²) in [6.07, 6.45) is 2.82. The Hall–Kier alpha value is -0.120. The lowest BCUT2D eigenvalue weighted by Gasteiger charge is -2.47. The molecule has 3 heteroatoms. The number of rotatable bonds is 3. The van der Waals surface area contributed by atoms with Crippen LogP contribution in [0.25, 0.3) is 0 Å². The summed E-state index contributed by atoms with van der Waals surface area (Å²) in [4.78, 5) is 2.61. The van der Waals surface area contributed by atoms with E-state index in [4.69, 9.17) is 4.74 Å². The third-order valence-corrected chi connectivity index (χ3v) is 4.35. The van der Waals surface area contributed by atoms with Gasteiger partial charge in [0.25, 0.3) is 0 Å². The maximum absolute atomic E-state index is 5.29. The summed E-state index contributed by atoms with van der Waals surface area (Å²) in [5, 5.41) is 3.77. The van der Waals surface area contributed by atoms with Gasteiger partial charge in [-0.05, 0) is 31.8 Å². The fraction of sp³-hybridized carbons (Fsp3) is 1.00. The highest BCUT2D eigenvalue weighted by Gasteiger charge is 2.37. The van der Waals surface area contributed by atoms with Crippen LogP contribution in [0.5, 0.6) is 0 Å². The Kier molecular flexibility index (Phi) is 2.49. The molecule has 4 aliphatic heterocycles. The Labute approximate surface area is 92.2 Å². The maximum Gasteiger partial charge on any atom is 0.0554 e. The van der Waals surface area contributed by atoms with Crippen molar-refractivity contribution in [3.8, 4) is 0 Å². The normalized spacial score (nSPS) is 42.6. The van der Waals surface area contributed by atoms with Crippen molar-refractivity contribution in [3.63, 3.8) is 0 Å². The fourth-order valence-corrected chi connectivity index (χ4v) is 3.13. The van der Waals surface area contributed by atoms with Gasteiger partial charge in [-0.25, -0.2) is 0 Å². The number of ether oxygens (including phenoxy) is 1. The van der Waals surface area contributed by atoms with Crippen molar-refractivity contribution in [3.05, 3.63) is 0 Å². The van der Waals surface area contributed by atoms with Crippen LogP contribution in [0.15, 0.2) is 0 Å². The van der Waals surface area contributed by atoms with Gasteiger partial charge in [0, 0.05) is 24.5 Å². The largest absolute Gasteiger partial charge is 0.380 e. The summed E-state index contributed by atoms with van der Waals surface area (Å²) in [6.45, 7) is 9.31. The van der Waals surface area contributed by atoms with Crippen LogP contribution >= 0.6 is 0 Å². The first-order chi connectivity index (χ1) is 7.25. The molecule has 0 saturated carbocycles. The average molecular weight is 210 g/mol. The number of hydrogen-bond donors (Lipinski definition) is 1. The monoisotopic (exact) mass is 210 g/mol. The van der Waals surface area contributed by atoms with E-state index in [0.717, 1.165) is 31.7 Å². The molecule has 1 unspecified atom stereocenters. The summed E-state index contributed by atoms with van der Waals surface area (Å²) < 4.78 is 5.29. The van der Waals surface area contributed by atoms with Gasteiger partial charge < -0.3 is 15.0 Å². The minimum absolute atomic E-state index is 0.423. The molecule has 0 spiro atoms. The van der Waals surface area contributed by atoms with Gasteiger partial charge in [-0.3, -0.25) is 0 Å². The van der Waals surface area contributed by atoms with E-state index >= 15 is 0 Å². The molecule has 4 aliphatic rings. The zero-order chi connectivity index (χ0) is 10.3. The summed E-state index contributed by atoms with van der Waals surface area (Å²) in [6, 6.07) is 0.755. The van der Waals surface area contributed by atoms with Crippen molar-refractivity contribution in [2.75, 3.05) is 39.4 Å². The lowest BCUT2D eigenvalue weighted by Crippen LogP contribution is -2.59. The Bertz CT molecular complexity index is 232. The van der Waals surface area contributed by atoms with Crippen LogP contribution in [0.2, 0.25) is 0 Å². The van der Waals surface area contributed by atoms with Crippen LogP contribution in [-0.2, 0) is 4.74 Å². The first kappa shape index (κ1) is 10.1. The minimum atomic E-state index is 0.423. The van der Waals surface area contributed by atoms with E-state index in [1.165, 1.54) is 32.5 Å². The molecule has 0 radical (unpaired) electrons. The molecule has 0 aromatic rings. The van der Waals surface area contributed by atoms with Crippen molar-refractivity contribution >= 4 is 0 Å². The van der Waals surface area contributed by atoms with E-state index in [0.29, 0.717) is 5.41 Å². The number of piperidine rings is 3. The zero-order valence-corrected chi connectivity index (χ0v) is 9.67. The SMILES string of the molecule is CC1(CNC2CN3CCC2CC3)COC1. The molecule has 0 aliphatic carbocycles. The Balaban J connectivity index is 1.51. The molecule has 3 nitrogen and oxygen atoms in total. The topological polar surface area (TPSA) is 24.5 Å². The summed E-state index contributed by atoms with van der Waals surface area (Å²) in [5.74, 6) is 0.944. The second-order valence-corrected chi connectivity index (χ2v) is 5.93. The smallest absolute Gasteiger partial charge is 0.0554 e. The van der Waals surface area contributed by atoms with E-state index in [1.807, 2.05) is 0 Å². The molecule has 0 aromatic carbocycles. The molecule has 4 fully saturated rings. The van der Waals surface area contributed by atoms with E-state index in [1.54, 1.807) is 0 Å². The standard InChI is InChI=1S/C12H22N2O/c1-12(8-15-9-12)7-13-11-6-14-4-2-10(11)3-5-14/h10-11,13H,2-9H2,1H3. The molecule has 0 amide bonds. The first-order valence-electron chi connectivity index (χ1n) is 6.29. The van der Waals surface area contributed by atoms with Crippen LogP contribution in [0.3, 0.4) is 0 Å². The van der Waals surface area contributed by atoms with Gasteiger partial charge in [0.2, 0.25) is 0 Å². The molecule has 2 bridgehead atoms. The van der Waals surface area contributed by atoms with Gasteiger partial charge >= 0.3 is 0 Å². The maximum atomic E-state index is 5.29. The van der Waals surface area contributed by atoms with E-state index in [-0.39, 0.29) is 0 Å². The van der Waals surface area contributed by atoms with Gasteiger partial charge in [0.05, 0.1) is 13.2 Å². The van der Waals surface area contributed by atoms with Gasteiger partial charge in [-0.15, -0.1) is 0 Å². The van der Waals surface area contributed by atoms with Crippen LogP contribution in [0.1, 0.15) is 19.8 Å². The third-order valence-electron chi connectivity index (χ3n) is 4.35. The van der Waals surface area contributed by atoms with Crippen molar-refractivity contribution < 1.29 is 4.74 Å². The Morgan fingerprint density at radius 3 is 2.53 bits per heavy atom. The van der Waals surface area contributed by atoms with Crippen molar-refractivity contribution in [2.45, 2.75) is 25.8 Å². The second-order valence-electron chi connectivity index (χ2n) is 5.93. The molecule has 4 heterocycles. The fourth-order valence-electron chi connectivity index (χ4n) is 3.13. The van der Waals surface area contributed by atoms with Crippen LogP contribution in [-0.4, -0.2) is 50.3 Å². The summed E-state index contributed by atoms with van der Waals surface area (Å²) in [5.41, 5.74) is 0.423. The Morgan fingerprint density at radius 2 is 2.07 bits per heavy atom. The van der Waals surface area contributed by atoms with E-state index in [2.05, 4.69) is 17.1 Å². The lowest BCUT2D eigenvalue weighted by atomic mass is 9.82. The van der Waals surface area contributed by atoms with Crippen molar-refractivity contribution in [1.29, 1.82) is 0 Å². The first-order valence-corrected chi connectivity index (χ1v) is 6.29. The number of nitrogens with one attached hydrogen (secondary N) is 1. The van der Waals surface area contributed by atoms with Crippen LogP contribution in [0, 0.1) is 11.3 Å². The molecule has 1 N–H and O–H groups in total. The van der Waals surface area contributed by atoms with Crippen LogP contribution in [0.4, 0.5) is 0 Å². The molecule has 4 rings (SSSR count). The second kappa shape index (κ2) is 3.72. The third kappa shape index (κ3) is 1.93. The molecular weight excluding hydrogens is 188 g/mol. The van der Waals surface area contributed by atoms with E-state index < -0.39 is 0 Å². The highest BCUT2D eigenvalue weighted by molar-refractivity contribution is 4.93. The molecule has 1 atom stereocenters. The number of nitrogens with zero attached hydrogens (tertiary/aromatic N) is 1. The lowest BCUT2D eigenvalue weighted by molar-refractivity contribution is -0.102. The van der Waals surface area contributed by atoms with Gasteiger partial charge in [0.15, 0.2) is 0 Å². The molecule has 0 aromatic heterocycles. The summed E-state index contributed by atoms with van der Waals surface area (Å²) in [7, 11) is 0. The van der Waals surface area contributed by atoms with Crippen LogP contribution < -0.4 is 5.32 Å². The van der Waals surface area contributed by atoms with Gasteiger partial charge in [-0.2, -0.15) is 0 Å². The van der Waals surface area contributed by atoms with Crippen molar-refractivity contribution in [2.24, 2.45) is 11.3 Å². The molecule has 15 heavy (non-hydrogen) atoms. The molecular formula is C12H22N2O. The highest BCUT2D eigenvalue weighted by Crippen LogP contribution is 2.30. The summed E-state index contributed by atoms with van der Waals surface area (Å²) >= 11 is 0. The number of hydrogen-bond acceptors (Lipinski definition) is 3. The van der Waals surface area contributed by atoms with Gasteiger partial charge in [-0.1, -0.05) is 6.92 Å². The predicted molar refractivity (Wildman–Crippen MR) is 59.9 cm³/mol. The highest BCUT2D eigenvalue weighted by atomic mass is 16.5.